The predicted molar refractivity (Wildman–Crippen MR) is 108 cm³/mol. The minimum absolute atomic E-state index is 0. The van der Waals surface area contributed by atoms with Crippen LogP contribution in [0.2, 0.25) is 0 Å². The van der Waals surface area contributed by atoms with Crippen LogP contribution in [0.5, 0.6) is 0 Å². The predicted octanol–water partition coefficient (Wildman–Crippen LogP) is 1.90. The molecule has 0 aliphatic carbocycles. The van der Waals surface area contributed by atoms with Crippen LogP contribution in [0.1, 0.15) is 30.9 Å². The van der Waals surface area contributed by atoms with E-state index in [0.717, 1.165) is 44.6 Å². The topological polar surface area (TPSA) is 65.5 Å². The molecule has 2 amide bonds. The molecule has 150 valence electrons. The molecule has 0 spiro atoms. The molecule has 4 atom stereocenters. The highest BCUT2D eigenvalue weighted by Crippen LogP contribution is 2.38. The summed E-state index contributed by atoms with van der Waals surface area (Å²) in [4.78, 5) is 33.5. The number of likely N-dealkylation sites (tertiary alicyclic amines) is 2. The molecule has 3 fully saturated rings. The first kappa shape index (κ1) is 21.9. The molecular formula is C19H28Cl2N4O2. The first-order valence-electron chi connectivity index (χ1n) is 9.30. The number of hydrogen-bond donors (Lipinski definition) is 1. The summed E-state index contributed by atoms with van der Waals surface area (Å²) in [5, 5.41) is 3.47. The van der Waals surface area contributed by atoms with E-state index in [2.05, 4.69) is 10.3 Å². The number of hydrogen-bond acceptors (Lipinski definition) is 4. The third-order valence-electron chi connectivity index (χ3n) is 6.26. The second kappa shape index (κ2) is 9.22. The second-order valence-electron chi connectivity index (χ2n) is 7.63. The fourth-order valence-electron chi connectivity index (χ4n) is 4.77. The van der Waals surface area contributed by atoms with Gasteiger partial charge in [-0.1, -0.05) is 6.07 Å². The number of fused-ring (bicyclic) bond motifs is 1. The van der Waals surface area contributed by atoms with Gasteiger partial charge in [0, 0.05) is 39.0 Å². The highest BCUT2D eigenvalue weighted by atomic mass is 35.5. The Kier molecular flexibility index (Phi) is 7.48. The van der Waals surface area contributed by atoms with Gasteiger partial charge < -0.3 is 15.1 Å². The van der Waals surface area contributed by atoms with E-state index < -0.39 is 0 Å². The molecule has 4 rings (SSSR count). The van der Waals surface area contributed by atoms with Crippen molar-refractivity contribution in [3.05, 3.63) is 30.1 Å². The SMILES string of the molecule is CN1C(=O)CC(C(=O)N2CC[C@@H]3CNC[C@@H]3CC2)C1c1cccnc1.Cl.Cl. The van der Waals surface area contributed by atoms with Gasteiger partial charge in [-0.05, 0) is 49.4 Å². The zero-order valence-corrected chi connectivity index (χ0v) is 17.2. The van der Waals surface area contributed by atoms with Crippen molar-refractivity contribution in [2.45, 2.75) is 25.3 Å². The summed E-state index contributed by atoms with van der Waals surface area (Å²) in [5.74, 6) is 1.28. The van der Waals surface area contributed by atoms with E-state index >= 15 is 0 Å². The van der Waals surface area contributed by atoms with Crippen LogP contribution >= 0.6 is 24.8 Å². The molecule has 1 N–H and O–H groups in total. The average molecular weight is 415 g/mol. The average Bonchev–Trinajstić information content (AvgIpc) is 3.14. The molecule has 0 saturated carbocycles. The van der Waals surface area contributed by atoms with Crippen LogP contribution in [0.4, 0.5) is 0 Å². The Morgan fingerprint density at radius 3 is 2.44 bits per heavy atom. The number of rotatable bonds is 2. The van der Waals surface area contributed by atoms with Crippen LogP contribution in [0, 0.1) is 17.8 Å². The van der Waals surface area contributed by atoms with Crippen LogP contribution in [0.25, 0.3) is 0 Å². The first-order chi connectivity index (χ1) is 12.1. The van der Waals surface area contributed by atoms with E-state index in [4.69, 9.17) is 0 Å². The molecule has 0 aromatic carbocycles. The van der Waals surface area contributed by atoms with E-state index in [0.29, 0.717) is 18.3 Å². The lowest BCUT2D eigenvalue weighted by atomic mass is 9.92. The van der Waals surface area contributed by atoms with Crippen molar-refractivity contribution < 1.29 is 9.59 Å². The molecule has 3 saturated heterocycles. The zero-order chi connectivity index (χ0) is 17.4. The number of carbonyl (C=O) groups excluding carboxylic acids is 2. The van der Waals surface area contributed by atoms with Gasteiger partial charge in [-0.3, -0.25) is 14.6 Å². The monoisotopic (exact) mass is 414 g/mol. The highest BCUT2D eigenvalue weighted by Gasteiger charge is 2.45. The van der Waals surface area contributed by atoms with Crippen molar-refractivity contribution in [1.29, 1.82) is 0 Å². The van der Waals surface area contributed by atoms with E-state index in [9.17, 15) is 9.59 Å². The zero-order valence-electron chi connectivity index (χ0n) is 15.5. The Balaban J connectivity index is 0.00000131. The van der Waals surface area contributed by atoms with Crippen LogP contribution in [-0.4, -0.2) is 59.8 Å². The molecule has 6 nitrogen and oxygen atoms in total. The number of nitrogens with one attached hydrogen (secondary N) is 1. The van der Waals surface area contributed by atoms with E-state index in [1.54, 1.807) is 24.3 Å². The number of amides is 2. The lowest BCUT2D eigenvalue weighted by Crippen LogP contribution is -2.39. The number of pyridine rings is 1. The van der Waals surface area contributed by atoms with E-state index in [-0.39, 0.29) is 48.6 Å². The van der Waals surface area contributed by atoms with Crippen LogP contribution < -0.4 is 5.32 Å². The maximum absolute atomic E-state index is 13.3. The summed E-state index contributed by atoms with van der Waals surface area (Å²) in [6.07, 6.45) is 5.94. The van der Waals surface area contributed by atoms with Gasteiger partial charge in [0.1, 0.15) is 0 Å². The van der Waals surface area contributed by atoms with Crippen molar-refractivity contribution in [3.8, 4) is 0 Å². The van der Waals surface area contributed by atoms with Crippen molar-refractivity contribution >= 4 is 36.6 Å². The highest BCUT2D eigenvalue weighted by molar-refractivity contribution is 5.90. The standard InChI is InChI=1S/C19H26N4O2.2ClH/c1-22-17(24)9-16(18(22)15-3-2-6-20-12-15)19(25)23-7-4-13-10-21-11-14(13)5-8-23;;/h2-3,6,12-14,16,18,21H,4-5,7-11H2,1H3;2*1H/t13-,14+,16?,18?;;. The summed E-state index contributed by atoms with van der Waals surface area (Å²) in [5.41, 5.74) is 0.949. The van der Waals surface area contributed by atoms with Crippen LogP contribution in [-0.2, 0) is 9.59 Å². The van der Waals surface area contributed by atoms with Gasteiger partial charge in [0.15, 0.2) is 0 Å². The Hall–Kier alpha value is -1.37. The molecule has 0 bridgehead atoms. The van der Waals surface area contributed by atoms with Gasteiger partial charge >= 0.3 is 0 Å². The van der Waals surface area contributed by atoms with Crippen molar-refractivity contribution in [2.24, 2.45) is 17.8 Å². The van der Waals surface area contributed by atoms with Crippen molar-refractivity contribution in [1.82, 2.24) is 20.1 Å². The summed E-state index contributed by atoms with van der Waals surface area (Å²) in [7, 11) is 1.80. The third-order valence-corrected chi connectivity index (χ3v) is 6.26. The number of nitrogens with zero attached hydrogens (tertiary/aromatic N) is 3. The Morgan fingerprint density at radius 2 is 1.85 bits per heavy atom. The third kappa shape index (κ3) is 4.23. The molecule has 27 heavy (non-hydrogen) atoms. The maximum Gasteiger partial charge on any atom is 0.228 e. The number of halogens is 2. The molecule has 2 unspecified atom stereocenters. The molecule has 3 aliphatic heterocycles. The second-order valence-corrected chi connectivity index (χ2v) is 7.63. The van der Waals surface area contributed by atoms with Crippen molar-refractivity contribution in [2.75, 3.05) is 33.2 Å². The maximum atomic E-state index is 13.3. The summed E-state index contributed by atoms with van der Waals surface area (Å²) in [6.45, 7) is 3.79. The van der Waals surface area contributed by atoms with Gasteiger partial charge in [0.2, 0.25) is 11.8 Å². The van der Waals surface area contributed by atoms with Gasteiger partial charge in [0.05, 0.1) is 12.0 Å². The van der Waals surface area contributed by atoms with Gasteiger partial charge in [-0.15, -0.1) is 24.8 Å². The van der Waals surface area contributed by atoms with Crippen molar-refractivity contribution in [3.63, 3.8) is 0 Å². The summed E-state index contributed by atoms with van der Waals surface area (Å²) >= 11 is 0. The van der Waals surface area contributed by atoms with Gasteiger partial charge in [-0.2, -0.15) is 0 Å². The Labute approximate surface area is 172 Å². The Bertz CT molecular complexity index is 646. The molecule has 8 heteroatoms. The smallest absolute Gasteiger partial charge is 0.228 e. The summed E-state index contributed by atoms with van der Waals surface area (Å²) in [6, 6.07) is 3.64. The number of carbonyl (C=O) groups is 2. The molecule has 4 heterocycles. The molecule has 3 aliphatic rings. The van der Waals surface area contributed by atoms with Crippen LogP contribution in [0.15, 0.2) is 24.5 Å². The molecule has 1 aromatic rings. The van der Waals surface area contributed by atoms with E-state index in [1.807, 2.05) is 17.0 Å². The molecular weight excluding hydrogens is 387 g/mol. The lowest BCUT2D eigenvalue weighted by molar-refractivity contribution is -0.136. The normalized spacial score (nSPS) is 30.2. The quantitative estimate of drug-likeness (QED) is 0.802. The van der Waals surface area contributed by atoms with Gasteiger partial charge in [0.25, 0.3) is 0 Å². The summed E-state index contributed by atoms with van der Waals surface area (Å²) < 4.78 is 0. The molecule has 1 aromatic heterocycles. The lowest BCUT2D eigenvalue weighted by Gasteiger charge is -2.29. The fourth-order valence-corrected chi connectivity index (χ4v) is 4.77. The fraction of sp³-hybridized carbons (Fsp3) is 0.632. The Morgan fingerprint density at radius 1 is 1.19 bits per heavy atom. The van der Waals surface area contributed by atoms with Gasteiger partial charge in [-0.25, -0.2) is 0 Å². The minimum Gasteiger partial charge on any atom is -0.342 e. The molecule has 0 radical (unpaired) electrons. The largest absolute Gasteiger partial charge is 0.342 e. The van der Waals surface area contributed by atoms with E-state index in [1.165, 1.54) is 0 Å². The minimum atomic E-state index is -0.294. The first-order valence-corrected chi connectivity index (χ1v) is 9.30. The number of aromatic nitrogens is 1. The van der Waals surface area contributed by atoms with Crippen LogP contribution in [0.3, 0.4) is 0 Å².